The Morgan fingerprint density at radius 2 is 1.79 bits per heavy atom. The molecule has 29 heavy (non-hydrogen) atoms. The van der Waals surface area contributed by atoms with Crippen molar-refractivity contribution in [2.75, 3.05) is 0 Å². The van der Waals surface area contributed by atoms with Gasteiger partial charge in [-0.2, -0.15) is 5.10 Å². The van der Waals surface area contributed by atoms with Gasteiger partial charge in [0.25, 0.3) is 5.69 Å². The zero-order valence-corrected chi connectivity index (χ0v) is 16.0. The van der Waals surface area contributed by atoms with Crippen LogP contribution in [0.4, 0.5) is 5.69 Å². The lowest BCUT2D eigenvalue weighted by atomic mass is 10.1. The lowest BCUT2D eigenvalue weighted by molar-refractivity contribution is -0.384. The summed E-state index contributed by atoms with van der Waals surface area (Å²) in [6, 6.07) is 16.2. The van der Waals surface area contributed by atoms with Crippen molar-refractivity contribution in [1.82, 2.24) is 15.1 Å². The maximum atomic E-state index is 12.6. The molecular weight excluding hydrogens is 368 g/mol. The molecular formula is C22H22N4O3. The summed E-state index contributed by atoms with van der Waals surface area (Å²) in [4.78, 5) is 23.1. The van der Waals surface area contributed by atoms with E-state index < -0.39 is 4.92 Å². The lowest BCUT2D eigenvalue weighted by Gasteiger charge is -2.11. The van der Waals surface area contributed by atoms with Crippen LogP contribution in [0.25, 0.3) is 16.9 Å². The van der Waals surface area contributed by atoms with E-state index in [0.29, 0.717) is 5.69 Å². The average Bonchev–Trinajstić information content (AvgIpc) is 3.39. The molecule has 7 nitrogen and oxygen atoms in total. The normalized spacial score (nSPS) is 14.1. The van der Waals surface area contributed by atoms with Crippen molar-refractivity contribution in [1.29, 1.82) is 0 Å². The molecule has 1 aromatic heterocycles. The molecule has 1 fully saturated rings. The molecule has 0 unspecified atom stereocenters. The lowest BCUT2D eigenvalue weighted by Crippen LogP contribution is -2.33. The summed E-state index contributed by atoms with van der Waals surface area (Å²) in [5, 5.41) is 18.7. The number of nitro benzene ring substituents is 1. The number of amides is 1. The van der Waals surface area contributed by atoms with Gasteiger partial charge in [0.15, 0.2) is 0 Å². The standard InChI is InChI=1S/C22H22N4O3/c27-21(23-18-6-4-5-7-18)14-17-15-25(19-8-2-1-3-9-19)24-22(17)16-10-12-20(13-11-16)26(28)29/h1-3,8-13,15,18H,4-7,14H2,(H,23,27). The first kappa shape index (κ1) is 18.9. The number of nitro groups is 1. The van der Waals surface area contributed by atoms with Crippen molar-refractivity contribution < 1.29 is 9.72 Å². The van der Waals surface area contributed by atoms with Crippen molar-refractivity contribution in [3.05, 3.63) is 76.5 Å². The zero-order chi connectivity index (χ0) is 20.2. The Bertz CT molecular complexity index is 1010. The average molecular weight is 390 g/mol. The highest BCUT2D eigenvalue weighted by Gasteiger charge is 2.20. The van der Waals surface area contributed by atoms with Crippen LogP contribution in [0.2, 0.25) is 0 Å². The Balaban J connectivity index is 1.65. The minimum Gasteiger partial charge on any atom is -0.353 e. The fourth-order valence-electron chi connectivity index (χ4n) is 3.76. The molecule has 3 aromatic rings. The van der Waals surface area contributed by atoms with Gasteiger partial charge in [0.1, 0.15) is 0 Å². The SMILES string of the molecule is O=C(Cc1cn(-c2ccccc2)nc1-c1ccc([N+](=O)[O-])cc1)NC1CCCC1. The summed E-state index contributed by atoms with van der Waals surface area (Å²) in [5.41, 5.74) is 3.10. The quantitative estimate of drug-likeness (QED) is 0.508. The van der Waals surface area contributed by atoms with Gasteiger partial charge in [0.05, 0.1) is 22.7 Å². The van der Waals surface area contributed by atoms with Crippen LogP contribution in [0.3, 0.4) is 0 Å². The molecule has 7 heteroatoms. The molecule has 0 aliphatic heterocycles. The zero-order valence-electron chi connectivity index (χ0n) is 16.0. The third kappa shape index (κ3) is 4.34. The molecule has 1 aliphatic rings. The number of para-hydroxylation sites is 1. The Morgan fingerprint density at radius 1 is 1.10 bits per heavy atom. The summed E-state index contributed by atoms with van der Waals surface area (Å²) in [6.45, 7) is 0. The fourth-order valence-corrected chi connectivity index (χ4v) is 3.76. The number of hydrogen-bond donors (Lipinski definition) is 1. The van der Waals surface area contributed by atoms with E-state index in [1.165, 1.54) is 12.1 Å². The number of carbonyl (C=O) groups excluding carboxylic acids is 1. The van der Waals surface area contributed by atoms with Crippen molar-refractivity contribution in [3.8, 4) is 16.9 Å². The van der Waals surface area contributed by atoms with E-state index in [-0.39, 0.29) is 24.1 Å². The first-order valence-corrected chi connectivity index (χ1v) is 9.78. The molecule has 0 bridgehead atoms. The molecule has 0 atom stereocenters. The fraction of sp³-hybridized carbons (Fsp3) is 0.273. The predicted octanol–water partition coefficient (Wildman–Crippen LogP) is 4.05. The summed E-state index contributed by atoms with van der Waals surface area (Å²) < 4.78 is 1.74. The van der Waals surface area contributed by atoms with Crippen LogP contribution in [-0.2, 0) is 11.2 Å². The third-order valence-corrected chi connectivity index (χ3v) is 5.23. The minimum absolute atomic E-state index is 0.0207. The van der Waals surface area contributed by atoms with Crippen molar-refractivity contribution in [3.63, 3.8) is 0 Å². The Morgan fingerprint density at radius 3 is 2.45 bits per heavy atom. The van der Waals surface area contributed by atoms with E-state index >= 15 is 0 Å². The summed E-state index contributed by atoms with van der Waals surface area (Å²) in [6.07, 6.45) is 6.46. The largest absolute Gasteiger partial charge is 0.353 e. The molecule has 0 spiro atoms. The van der Waals surface area contributed by atoms with Gasteiger partial charge in [-0.05, 0) is 37.1 Å². The second kappa shape index (κ2) is 8.26. The van der Waals surface area contributed by atoms with Gasteiger partial charge in [-0.1, -0.05) is 31.0 Å². The topological polar surface area (TPSA) is 90.1 Å². The number of carbonyl (C=O) groups is 1. The van der Waals surface area contributed by atoms with Crippen molar-refractivity contribution >= 4 is 11.6 Å². The van der Waals surface area contributed by atoms with Crippen molar-refractivity contribution in [2.24, 2.45) is 0 Å². The van der Waals surface area contributed by atoms with Gasteiger partial charge in [0, 0.05) is 35.5 Å². The molecule has 148 valence electrons. The number of benzene rings is 2. The number of non-ortho nitro benzene ring substituents is 1. The van der Waals surface area contributed by atoms with E-state index in [0.717, 1.165) is 42.5 Å². The Hall–Kier alpha value is -3.48. The molecule has 1 heterocycles. The third-order valence-electron chi connectivity index (χ3n) is 5.23. The van der Waals surface area contributed by atoms with Gasteiger partial charge in [-0.25, -0.2) is 4.68 Å². The molecule has 0 radical (unpaired) electrons. The van der Waals surface area contributed by atoms with E-state index in [1.54, 1.807) is 16.8 Å². The number of hydrogen-bond acceptors (Lipinski definition) is 4. The van der Waals surface area contributed by atoms with Gasteiger partial charge < -0.3 is 5.32 Å². The molecule has 1 aliphatic carbocycles. The highest BCUT2D eigenvalue weighted by Crippen LogP contribution is 2.26. The van der Waals surface area contributed by atoms with Crippen LogP contribution in [-0.4, -0.2) is 26.7 Å². The number of nitrogens with one attached hydrogen (secondary N) is 1. The van der Waals surface area contributed by atoms with E-state index in [1.807, 2.05) is 36.5 Å². The second-order valence-electron chi connectivity index (χ2n) is 7.31. The molecule has 2 aromatic carbocycles. The van der Waals surface area contributed by atoms with Crippen LogP contribution in [0.5, 0.6) is 0 Å². The van der Waals surface area contributed by atoms with Gasteiger partial charge >= 0.3 is 0 Å². The first-order valence-electron chi connectivity index (χ1n) is 9.78. The smallest absolute Gasteiger partial charge is 0.269 e. The second-order valence-corrected chi connectivity index (χ2v) is 7.31. The molecule has 1 saturated carbocycles. The highest BCUT2D eigenvalue weighted by molar-refractivity contribution is 5.81. The summed E-state index contributed by atoms with van der Waals surface area (Å²) in [5.74, 6) is -0.0207. The van der Waals surface area contributed by atoms with Crippen LogP contribution in [0, 0.1) is 10.1 Å². The molecule has 1 N–H and O–H groups in total. The maximum absolute atomic E-state index is 12.6. The van der Waals surface area contributed by atoms with E-state index in [2.05, 4.69) is 10.4 Å². The predicted molar refractivity (Wildman–Crippen MR) is 110 cm³/mol. The van der Waals surface area contributed by atoms with Crippen LogP contribution in [0.1, 0.15) is 31.2 Å². The van der Waals surface area contributed by atoms with Crippen LogP contribution >= 0.6 is 0 Å². The minimum atomic E-state index is -0.428. The first-order chi connectivity index (χ1) is 14.1. The maximum Gasteiger partial charge on any atom is 0.269 e. The molecule has 1 amide bonds. The number of rotatable bonds is 6. The highest BCUT2D eigenvalue weighted by atomic mass is 16.6. The summed E-state index contributed by atoms with van der Waals surface area (Å²) >= 11 is 0. The van der Waals surface area contributed by atoms with Gasteiger partial charge in [0.2, 0.25) is 5.91 Å². The Labute approximate surface area is 168 Å². The van der Waals surface area contributed by atoms with E-state index in [9.17, 15) is 14.9 Å². The number of nitrogens with zero attached hydrogens (tertiary/aromatic N) is 3. The summed E-state index contributed by atoms with van der Waals surface area (Å²) in [7, 11) is 0. The van der Waals surface area contributed by atoms with Gasteiger partial charge in [-0.15, -0.1) is 0 Å². The molecule has 0 saturated heterocycles. The number of aromatic nitrogens is 2. The van der Waals surface area contributed by atoms with Crippen LogP contribution < -0.4 is 5.32 Å². The van der Waals surface area contributed by atoms with Crippen molar-refractivity contribution in [2.45, 2.75) is 38.1 Å². The molecule has 4 rings (SSSR count). The van der Waals surface area contributed by atoms with Crippen LogP contribution in [0.15, 0.2) is 60.8 Å². The van der Waals surface area contributed by atoms with Gasteiger partial charge in [-0.3, -0.25) is 14.9 Å². The monoisotopic (exact) mass is 390 g/mol. The van der Waals surface area contributed by atoms with E-state index in [4.69, 9.17) is 0 Å². The Kier molecular flexibility index (Phi) is 5.37.